The molecule has 1 aliphatic rings. The van der Waals surface area contributed by atoms with E-state index in [0.29, 0.717) is 5.69 Å². The first-order chi connectivity index (χ1) is 10.1. The van der Waals surface area contributed by atoms with Gasteiger partial charge in [-0.1, -0.05) is 36.4 Å². The third kappa shape index (κ3) is 2.20. The summed E-state index contributed by atoms with van der Waals surface area (Å²) in [4.78, 5) is 36.0. The third-order valence-electron chi connectivity index (χ3n) is 3.41. The van der Waals surface area contributed by atoms with Gasteiger partial charge in [-0.3, -0.25) is 9.59 Å². The lowest BCUT2D eigenvalue weighted by Crippen LogP contribution is -2.32. The second-order valence-electron chi connectivity index (χ2n) is 4.77. The van der Waals surface area contributed by atoms with Crippen LogP contribution in [0, 0.1) is 0 Å². The Kier molecular flexibility index (Phi) is 3.06. The number of carbonyl (C=O) groups is 3. The van der Waals surface area contributed by atoms with E-state index in [0.717, 1.165) is 15.7 Å². The van der Waals surface area contributed by atoms with Gasteiger partial charge in [0.25, 0.3) is 5.91 Å². The number of aliphatic carboxylic acids is 1. The number of nitrogens with zero attached hydrogens (tertiary/aromatic N) is 1. The molecule has 2 N–H and O–H groups in total. The van der Waals surface area contributed by atoms with Gasteiger partial charge < -0.3 is 10.4 Å². The van der Waals surface area contributed by atoms with Crippen molar-refractivity contribution < 1.29 is 19.5 Å². The molecule has 6 heteroatoms. The molecule has 1 atom stereocenters. The molecule has 21 heavy (non-hydrogen) atoms. The summed E-state index contributed by atoms with van der Waals surface area (Å²) in [7, 11) is 0. The molecular weight excluding hydrogens is 272 g/mol. The van der Waals surface area contributed by atoms with E-state index in [2.05, 4.69) is 5.32 Å². The van der Waals surface area contributed by atoms with Gasteiger partial charge in [0, 0.05) is 5.39 Å². The van der Waals surface area contributed by atoms with Gasteiger partial charge in [-0.15, -0.1) is 0 Å². The van der Waals surface area contributed by atoms with E-state index in [9.17, 15) is 14.4 Å². The zero-order valence-electron chi connectivity index (χ0n) is 10.9. The fourth-order valence-electron chi connectivity index (χ4n) is 2.48. The SMILES string of the molecule is O=C(O)CC1NC(=O)N(c2cccc3ccccc23)C1=O. The van der Waals surface area contributed by atoms with Gasteiger partial charge in [0.05, 0.1) is 12.1 Å². The van der Waals surface area contributed by atoms with E-state index < -0.39 is 30.4 Å². The van der Waals surface area contributed by atoms with Crippen LogP contribution in [0.2, 0.25) is 0 Å². The maximum absolute atomic E-state index is 12.3. The van der Waals surface area contributed by atoms with Crippen LogP contribution in [0.5, 0.6) is 0 Å². The minimum Gasteiger partial charge on any atom is -0.481 e. The maximum atomic E-state index is 12.3. The average molecular weight is 284 g/mol. The first-order valence-corrected chi connectivity index (χ1v) is 6.42. The molecular formula is C15H12N2O4. The molecule has 2 aromatic carbocycles. The first kappa shape index (κ1) is 13.1. The Labute approximate surface area is 120 Å². The normalized spacial score (nSPS) is 18.1. The van der Waals surface area contributed by atoms with Crippen LogP contribution in [-0.2, 0) is 9.59 Å². The zero-order valence-corrected chi connectivity index (χ0v) is 10.9. The molecule has 1 fully saturated rings. The molecule has 3 amide bonds. The second-order valence-corrected chi connectivity index (χ2v) is 4.77. The molecule has 1 unspecified atom stereocenters. The van der Waals surface area contributed by atoms with Gasteiger partial charge in [-0.05, 0) is 11.5 Å². The maximum Gasteiger partial charge on any atom is 0.329 e. The van der Waals surface area contributed by atoms with E-state index in [1.165, 1.54) is 0 Å². The number of carboxylic acids is 1. The highest BCUT2D eigenvalue weighted by atomic mass is 16.4. The zero-order chi connectivity index (χ0) is 15.0. The summed E-state index contributed by atoms with van der Waals surface area (Å²) < 4.78 is 0. The number of carboxylic acid groups (broad SMARTS) is 1. The number of fused-ring (bicyclic) bond motifs is 1. The Morgan fingerprint density at radius 2 is 1.86 bits per heavy atom. The number of rotatable bonds is 3. The van der Waals surface area contributed by atoms with Gasteiger partial charge in [-0.25, -0.2) is 9.69 Å². The molecule has 0 aromatic heterocycles. The van der Waals surface area contributed by atoms with Crippen molar-refractivity contribution in [1.29, 1.82) is 0 Å². The number of nitrogens with one attached hydrogen (secondary N) is 1. The van der Waals surface area contributed by atoms with Gasteiger partial charge >= 0.3 is 12.0 Å². The Morgan fingerprint density at radius 3 is 2.62 bits per heavy atom. The van der Waals surface area contributed by atoms with Crippen molar-refractivity contribution in [3.63, 3.8) is 0 Å². The fourth-order valence-corrected chi connectivity index (χ4v) is 2.48. The molecule has 0 bridgehead atoms. The van der Waals surface area contributed by atoms with Crippen molar-refractivity contribution in [2.45, 2.75) is 12.5 Å². The smallest absolute Gasteiger partial charge is 0.329 e. The summed E-state index contributed by atoms with van der Waals surface area (Å²) in [6.07, 6.45) is -0.425. The van der Waals surface area contributed by atoms with E-state index in [1.54, 1.807) is 12.1 Å². The Balaban J connectivity index is 2.04. The quantitative estimate of drug-likeness (QED) is 0.840. The molecule has 0 spiro atoms. The van der Waals surface area contributed by atoms with Crippen LogP contribution in [0.1, 0.15) is 6.42 Å². The molecule has 1 saturated heterocycles. The fraction of sp³-hybridized carbons (Fsp3) is 0.133. The van der Waals surface area contributed by atoms with Crippen LogP contribution in [-0.4, -0.2) is 29.1 Å². The molecule has 3 rings (SSSR count). The highest BCUT2D eigenvalue weighted by Crippen LogP contribution is 2.29. The summed E-state index contributed by atoms with van der Waals surface area (Å²) in [6.45, 7) is 0. The molecule has 1 heterocycles. The molecule has 6 nitrogen and oxygen atoms in total. The number of urea groups is 1. The van der Waals surface area contributed by atoms with Gasteiger partial charge in [0.1, 0.15) is 6.04 Å². The number of imide groups is 1. The molecule has 106 valence electrons. The van der Waals surface area contributed by atoms with Crippen LogP contribution in [0.3, 0.4) is 0 Å². The van der Waals surface area contributed by atoms with Crippen LogP contribution in [0.4, 0.5) is 10.5 Å². The summed E-state index contributed by atoms with van der Waals surface area (Å²) in [6, 6.07) is 11.1. The number of hydrogen-bond donors (Lipinski definition) is 2. The van der Waals surface area contributed by atoms with Gasteiger partial charge in [0.15, 0.2) is 0 Å². The predicted molar refractivity (Wildman–Crippen MR) is 76.0 cm³/mol. The molecule has 0 saturated carbocycles. The molecule has 0 aliphatic carbocycles. The summed E-state index contributed by atoms with van der Waals surface area (Å²) in [5.74, 6) is -1.67. The van der Waals surface area contributed by atoms with Crippen molar-refractivity contribution in [2.24, 2.45) is 0 Å². The summed E-state index contributed by atoms with van der Waals surface area (Å²) in [5, 5.41) is 12.9. The summed E-state index contributed by atoms with van der Waals surface area (Å²) in [5.41, 5.74) is 0.462. The van der Waals surface area contributed by atoms with Crippen molar-refractivity contribution in [3.05, 3.63) is 42.5 Å². The van der Waals surface area contributed by atoms with Crippen molar-refractivity contribution in [3.8, 4) is 0 Å². The largest absolute Gasteiger partial charge is 0.481 e. The first-order valence-electron chi connectivity index (χ1n) is 6.42. The number of amides is 3. The lowest BCUT2D eigenvalue weighted by molar-refractivity contribution is -0.139. The van der Waals surface area contributed by atoms with E-state index in [-0.39, 0.29) is 0 Å². The number of benzene rings is 2. The Bertz CT molecular complexity index is 751. The van der Waals surface area contributed by atoms with Crippen LogP contribution in [0.25, 0.3) is 10.8 Å². The van der Waals surface area contributed by atoms with Gasteiger partial charge in [0.2, 0.25) is 0 Å². The minimum absolute atomic E-state index is 0.425. The lowest BCUT2D eigenvalue weighted by Gasteiger charge is -2.15. The van der Waals surface area contributed by atoms with E-state index in [4.69, 9.17) is 5.11 Å². The average Bonchev–Trinajstić information content (AvgIpc) is 2.72. The van der Waals surface area contributed by atoms with Crippen LogP contribution >= 0.6 is 0 Å². The topological polar surface area (TPSA) is 86.7 Å². The highest BCUT2D eigenvalue weighted by Gasteiger charge is 2.40. The molecule has 2 aromatic rings. The number of hydrogen-bond acceptors (Lipinski definition) is 3. The number of carbonyl (C=O) groups excluding carboxylic acids is 2. The van der Waals surface area contributed by atoms with E-state index in [1.807, 2.05) is 30.3 Å². The standard InChI is InChI=1S/C15H12N2O4/c18-13(19)8-11-14(20)17(15(21)16-11)12-7-3-5-9-4-1-2-6-10(9)12/h1-7,11H,8H2,(H,16,21)(H,18,19). The Morgan fingerprint density at radius 1 is 1.14 bits per heavy atom. The summed E-state index contributed by atoms with van der Waals surface area (Å²) >= 11 is 0. The van der Waals surface area contributed by atoms with Gasteiger partial charge in [-0.2, -0.15) is 0 Å². The minimum atomic E-state index is -1.13. The Hall–Kier alpha value is -2.89. The molecule has 1 aliphatic heterocycles. The highest BCUT2D eigenvalue weighted by molar-refractivity contribution is 6.24. The number of anilines is 1. The lowest BCUT2D eigenvalue weighted by atomic mass is 10.1. The third-order valence-corrected chi connectivity index (χ3v) is 3.41. The van der Waals surface area contributed by atoms with Crippen LogP contribution < -0.4 is 10.2 Å². The van der Waals surface area contributed by atoms with E-state index >= 15 is 0 Å². The predicted octanol–water partition coefficient (Wildman–Crippen LogP) is 1.74. The van der Waals surface area contributed by atoms with Crippen molar-refractivity contribution in [2.75, 3.05) is 4.90 Å². The molecule has 0 radical (unpaired) electrons. The van der Waals surface area contributed by atoms with Crippen LogP contribution in [0.15, 0.2) is 42.5 Å². The monoisotopic (exact) mass is 284 g/mol. The van der Waals surface area contributed by atoms with Crippen molar-refractivity contribution in [1.82, 2.24) is 5.32 Å². The van der Waals surface area contributed by atoms with Crippen molar-refractivity contribution >= 4 is 34.4 Å². The second kappa shape index (κ2) is 4.90.